The van der Waals surface area contributed by atoms with Gasteiger partial charge in [-0.15, -0.1) is 0 Å². The van der Waals surface area contributed by atoms with Crippen LogP contribution in [-0.4, -0.2) is 0 Å². The van der Waals surface area contributed by atoms with Crippen LogP contribution in [0.1, 0.15) is 184 Å². The summed E-state index contributed by atoms with van der Waals surface area (Å²) in [4.78, 5) is 0. The zero-order valence-corrected chi connectivity index (χ0v) is 63.4. The lowest BCUT2D eigenvalue weighted by Gasteiger charge is -2.22. The van der Waals surface area contributed by atoms with Gasteiger partial charge in [0.05, 0.1) is 0 Å². The van der Waals surface area contributed by atoms with Crippen LogP contribution in [0.2, 0.25) is 0 Å². The highest BCUT2D eigenvalue weighted by atomic mass is 14.9. The number of nitrogens with zero attached hydrogens (tertiary/aromatic N) is 5. The van der Waals surface area contributed by atoms with E-state index in [1.54, 1.807) is 5.56 Å². The molecule has 5 nitrogen and oxygen atoms in total. The third-order valence-corrected chi connectivity index (χ3v) is 19.9. The topological polar surface area (TPSA) is 19.4 Å². The van der Waals surface area contributed by atoms with Gasteiger partial charge in [-0.3, -0.25) is 0 Å². The summed E-state index contributed by atoms with van der Waals surface area (Å²) >= 11 is 0. The standard InChI is InChI=1S/C20H26N.C19H26N.C18H24N.C17H22N.C16H20N/c1-15-11-12-21(3)20(13-15)19-10-9-18(14-16(19)2)17-7-5-4-6-8-17;1-13(2)9-17-7-8-18(15(4)10-17)19-11-14(3)16(5)12-20(19)6;1-12(2)16-7-8-17(14(4)9-16)18-10-13(3)15(5)11-19(18)6;1-6-15-7-8-16(13(3)9-15)17-10-12(2)14(4)11-18(17)5;1-11-6-7-15(13(3)8-11)16-9-12(2)14(4)10-17(16)5/h9-14,17H,4-8H2,1-3H3;7-8,10-13H,9H2,1-6H3;7-12H,1-6H3;7-11H,6H2,1-5H3;6-10H,1-5H3/q5*+1. The van der Waals surface area contributed by atoms with E-state index in [9.17, 15) is 0 Å². The van der Waals surface area contributed by atoms with Gasteiger partial charge in [0.1, 0.15) is 35.2 Å². The maximum atomic E-state index is 2.42. The van der Waals surface area contributed by atoms with Crippen molar-refractivity contribution in [3.8, 4) is 56.3 Å². The maximum absolute atomic E-state index is 2.42. The molecule has 0 spiro atoms. The predicted octanol–water partition coefficient (Wildman–Crippen LogP) is 20.4. The average molecular weight is 1270 g/mol. The Labute approximate surface area is 576 Å². The molecular formula is C90H118N5+5. The van der Waals surface area contributed by atoms with E-state index >= 15 is 0 Å². The Balaban J connectivity index is 0.000000168. The van der Waals surface area contributed by atoms with Crippen molar-refractivity contribution in [3.63, 3.8) is 0 Å². The Hall–Kier alpha value is -8.15. The van der Waals surface area contributed by atoms with Crippen LogP contribution in [0.15, 0.2) is 158 Å². The highest BCUT2D eigenvalue weighted by molar-refractivity contribution is 5.66. The third-order valence-electron chi connectivity index (χ3n) is 19.9. The molecule has 1 aliphatic rings. The van der Waals surface area contributed by atoms with E-state index in [4.69, 9.17) is 0 Å². The lowest BCUT2D eigenvalue weighted by Crippen LogP contribution is -2.31. The monoisotopic (exact) mass is 1270 g/mol. The van der Waals surface area contributed by atoms with Gasteiger partial charge in [0.15, 0.2) is 31.0 Å². The molecule has 5 heterocycles. The van der Waals surface area contributed by atoms with Gasteiger partial charge < -0.3 is 0 Å². The van der Waals surface area contributed by atoms with Gasteiger partial charge in [-0.05, 0) is 256 Å². The van der Waals surface area contributed by atoms with Crippen LogP contribution in [0.4, 0.5) is 0 Å². The van der Waals surface area contributed by atoms with E-state index in [1.165, 1.54) is 189 Å². The van der Waals surface area contributed by atoms with Gasteiger partial charge in [0.25, 0.3) is 0 Å². The van der Waals surface area contributed by atoms with Gasteiger partial charge in [-0.25, -0.2) is 22.8 Å². The van der Waals surface area contributed by atoms with Crippen LogP contribution in [0, 0.1) is 110 Å². The molecule has 10 aromatic rings. The van der Waals surface area contributed by atoms with Crippen molar-refractivity contribution in [1.29, 1.82) is 0 Å². The molecule has 0 unspecified atom stereocenters. The first-order chi connectivity index (χ1) is 44.9. The number of aryl methyl sites for hydroxylation is 21. The fraction of sp³-hybridized carbons (Fsp3) is 0.389. The van der Waals surface area contributed by atoms with E-state index < -0.39 is 0 Å². The normalized spacial score (nSPS) is 12.1. The Morgan fingerprint density at radius 2 is 0.684 bits per heavy atom. The molecule has 5 aromatic carbocycles. The number of pyridine rings is 5. The molecule has 0 amide bonds. The summed E-state index contributed by atoms with van der Waals surface area (Å²) < 4.78 is 11.1. The maximum Gasteiger partial charge on any atom is 0.212 e. The second-order valence-corrected chi connectivity index (χ2v) is 28.9. The minimum Gasteiger partial charge on any atom is -0.201 e. The molecule has 0 saturated heterocycles. The Morgan fingerprint density at radius 3 is 1.07 bits per heavy atom. The third kappa shape index (κ3) is 19.5. The van der Waals surface area contributed by atoms with Crippen LogP contribution in [0.3, 0.4) is 0 Å². The van der Waals surface area contributed by atoms with E-state index in [-0.39, 0.29) is 0 Å². The summed E-state index contributed by atoms with van der Waals surface area (Å²) in [6.45, 7) is 43.9. The van der Waals surface area contributed by atoms with Crippen molar-refractivity contribution < 1.29 is 22.8 Å². The predicted molar refractivity (Wildman–Crippen MR) is 404 cm³/mol. The van der Waals surface area contributed by atoms with Crippen LogP contribution in [0.5, 0.6) is 0 Å². The van der Waals surface area contributed by atoms with Gasteiger partial charge >= 0.3 is 0 Å². The first-order valence-electron chi connectivity index (χ1n) is 35.3. The lowest BCUT2D eigenvalue weighted by molar-refractivity contribution is -0.660. The minimum atomic E-state index is 0.584. The molecule has 0 N–H and O–H groups in total. The van der Waals surface area contributed by atoms with E-state index in [0.717, 1.165) is 18.8 Å². The molecular weight excluding hydrogens is 1150 g/mol. The van der Waals surface area contributed by atoms with Gasteiger partial charge in [-0.2, -0.15) is 0 Å². The first kappa shape index (κ1) is 74.2. The number of hydrogen-bond donors (Lipinski definition) is 0. The Morgan fingerprint density at radius 1 is 0.326 bits per heavy atom. The molecule has 498 valence electrons. The zero-order valence-electron chi connectivity index (χ0n) is 63.4. The quantitative estimate of drug-likeness (QED) is 0.122. The lowest BCUT2D eigenvalue weighted by atomic mass is 9.83. The van der Waals surface area contributed by atoms with Crippen molar-refractivity contribution in [2.45, 2.75) is 195 Å². The summed E-state index contributed by atoms with van der Waals surface area (Å²) in [7, 11) is 10.6. The van der Waals surface area contributed by atoms with Crippen molar-refractivity contribution in [2.24, 2.45) is 41.2 Å². The summed E-state index contributed by atoms with van der Waals surface area (Å²) in [6.07, 6.45) is 20.2. The SMILES string of the molecule is CCc1ccc(-c2cc(C)c(C)c[n+]2C)c(C)c1.Cc1cc(-c2ccc(C(C)C)cc2C)[n+](C)cc1C.Cc1cc(-c2ccc(CC(C)C)cc2C)[n+](C)cc1C.Cc1cc[n+](C)c(-c2ccc(C3CCCCC3)cc2C)c1.Cc1ccc(-c2cc(C)c(C)c[n+]2C)c(C)c1. The molecule has 5 aromatic heterocycles. The summed E-state index contributed by atoms with van der Waals surface area (Å²) in [5, 5.41) is 0. The van der Waals surface area contributed by atoms with E-state index in [2.05, 4.69) is 355 Å². The highest BCUT2D eigenvalue weighted by Crippen LogP contribution is 2.35. The van der Waals surface area contributed by atoms with Crippen molar-refractivity contribution in [1.82, 2.24) is 0 Å². The van der Waals surface area contributed by atoms with Crippen LogP contribution < -0.4 is 22.8 Å². The van der Waals surface area contributed by atoms with Gasteiger partial charge in [-0.1, -0.05) is 120 Å². The molecule has 1 fully saturated rings. The fourth-order valence-electron chi connectivity index (χ4n) is 13.5. The second kappa shape index (κ2) is 33.5. The smallest absolute Gasteiger partial charge is 0.201 e. The number of hydrogen-bond acceptors (Lipinski definition) is 0. The van der Waals surface area contributed by atoms with Gasteiger partial charge in [0.2, 0.25) is 28.5 Å². The molecule has 0 aliphatic heterocycles. The molecule has 11 rings (SSSR count). The zero-order chi connectivity index (χ0) is 69.7. The largest absolute Gasteiger partial charge is 0.212 e. The Kier molecular flexibility index (Phi) is 26.2. The van der Waals surface area contributed by atoms with Crippen molar-refractivity contribution >= 4 is 0 Å². The van der Waals surface area contributed by atoms with Crippen molar-refractivity contribution in [3.05, 3.63) is 264 Å². The van der Waals surface area contributed by atoms with Crippen LogP contribution in [0.25, 0.3) is 56.3 Å². The number of rotatable bonds is 10. The molecule has 0 radical (unpaired) electrons. The fourth-order valence-corrected chi connectivity index (χ4v) is 13.5. The summed E-state index contributed by atoms with van der Waals surface area (Å²) in [5.74, 6) is 2.08. The molecule has 1 aliphatic carbocycles. The molecule has 5 heteroatoms. The average Bonchev–Trinajstić information content (AvgIpc) is 0.848. The van der Waals surface area contributed by atoms with Gasteiger partial charge in [0, 0.05) is 86.5 Å². The van der Waals surface area contributed by atoms with E-state index in [1.807, 2.05) is 0 Å². The van der Waals surface area contributed by atoms with Crippen LogP contribution in [-0.2, 0) is 48.1 Å². The van der Waals surface area contributed by atoms with Crippen molar-refractivity contribution in [2.75, 3.05) is 0 Å². The second-order valence-electron chi connectivity index (χ2n) is 28.9. The van der Waals surface area contributed by atoms with Crippen LogP contribution >= 0.6 is 0 Å². The molecule has 95 heavy (non-hydrogen) atoms. The summed E-state index contributed by atoms with van der Waals surface area (Å²) in [5.41, 5.74) is 39.1. The van der Waals surface area contributed by atoms with E-state index in [0.29, 0.717) is 11.8 Å². The summed E-state index contributed by atoms with van der Waals surface area (Å²) in [6, 6.07) is 47.8. The molecule has 0 atom stereocenters. The Bertz CT molecular complexity index is 4300. The highest BCUT2D eigenvalue weighted by Gasteiger charge is 2.21. The molecule has 0 bridgehead atoms. The molecule has 1 saturated carbocycles. The first-order valence-corrected chi connectivity index (χ1v) is 35.3. The number of aromatic nitrogens is 5. The minimum absolute atomic E-state index is 0.584. The number of benzene rings is 5.